The van der Waals surface area contributed by atoms with Gasteiger partial charge < -0.3 is 5.11 Å². The second kappa shape index (κ2) is 5.70. The Bertz CT molecular complexity index is 440. The average molecular weight is 265 g/mol. The number of benzene rings is 1. The van der Waals surface area contributed by atoms with Crippen LogP contribution in [-0.2, 0) is 10.3 Å². The van der Waals surface area contributed by atoms with Crippen LogP contribution >= 0.6 is 0 Å². The summed E-state index contributed by atoms with van der Waals surface area (Å²) in [5, 5.41) is 9.76. The summed E-state index contributed by atoms with van der Waals surface area (Å²) in [7, 11) is 0. The molecular weight excluding hydrogens is 245 g/mol. The molecule has 1 aromatic carbocycles. The number of hydrogen-bond donors (Lipinski definition) is 1. The smallest absolute Gasteiger partial charge is 0.328 e. The third kappa shape index (κ3) is 2.50. The Kier molecular flexibility index (Phi) is 4.20. The van der Waals surface area contributed by atoms with Gasteiger partial charge in [-0.1, -0.05) is 25.5 Å². The molecule has 0 aromatic heterocycles. The number of carbonyl (C=O) groups is 1. The minimum Gasteiger partial charge on any atom is -0.480 e. The van der Waals surface area contributed by atoms with E-state index in [9.17, 15) is 14.3 Å². The Labute approximate surface area is 113 Å². The molecule has 1 aromatic rings. The Morgan fingerprint density at radius 2 is 1.84 bits per heavy atom. The molecule has 104 valence electrons. The first-order valence-corrected chi connectivity index (χ1v) is 6.85. The fraction of sp³-hybridized carbons (Fsp3) is 0.533. The van der Waals surface area contributed by atoms with Gasteiger partial charge in [0.15, 0.2) is 0 Å². The number of carboxylic acids is 1. The maximum Gasteiger partial charge on any atom is 0.328 e. The molecule has 2 rings (SSSR count). The first-order chi connectivity index (χ1) is 9.11. The van der Waals surface area contributed by atoms with Gasteiger partial charge in [0, 0.05) is 0 Å². The molecule has 1 aliphatic rings. The van der Waals surface area contributed by atoms with E-state index in [4.69, 9.17) is 0 Å². The zero-order chi connectivity index (χ0) is 13.9. The van der Waals surface area contributed by atoms with Crippen LogP contribution in [0.1, 0.15) is 38.2 Å². The molecule has 0 saturated carbocycles. The van der Waals surface area contributed by atoms with Gasteiger partial charge in [0.25, 0.3) is 0 Å². The van der Waals surface area contributed by atoms with Gasteiger partial charge in [-0.2, -0.15) is 0 Å². The van der Waals surface area contributed by atoms with E-state index in [1.54, 1.807) is 12.1 Å². The first kappa shape index (κ1) is 14.0. The maximum atomic E-state index is 13.1. The summed E-state index contributed by atoms with van der Waals surface area (Å²) in [6.07, 6.45) is 3.68. The third-order valence-electron chi connectivity index (χ3n) is 4.08. The van der Waals surface area contributed by atoms with Crippen molar-refractivity contribution in [3.05, 3.63) is 35.6 Å². The van der Waals surface area contributed by atoms with E-state index >= 15 is 0 Å². The molecule has 1 atom stereocenters. The SMILES string of the molecule is CCC(C(=O)O)(c1ccc(F)cc1)N1CCCCC1. The minimum absolute atomic E-state index is 0.335. The number of likely N-dealkylation sites (tertiary alicyclic amines) is 1. The first-order valence-electron chi connectivity index (χ1n) is 6.85. The van der Waals surface area contributed by atoms with Crippen LogP contribution in [-0.4, -0.2) is 29.1 Å². The van der Waals surface area contributed by atoms with Gasteiger partial charge in [-0.15, -0.1) is 0 Å². The lowest BCUT2D eigenvalue weighted by atomic mass is 9.84. The Balaban J connectivity index is 2.43. The maximum absolute atomic E-state index is 13.1. The summed E-state index contributed by atoms with van der Waals surface area (Å²) in [5.74, 6) is -1.18. The van der Waals surface area contributed by atoms with E-state index in [-0.39, 0.29) is 5.82 Å². The molecule has 0 aliphatic carbocycles. The number of aliphatic carboxylic acids is 1. The molecular formula is C15H20FNO2. The number of halogens is 1. The van der Waals surface area contributed by atoms with Crippen molar-refractivity contribution in [3.8, 4) is 0 Å². The summed E-state index contributed by atoms with van der Waals surface area (Å²) in [4.78, 5) is 13.9. The molecule has 1 unspecified atom stereocenters. The van der Waals surface area contributed by atoms with Crippen LogP contribution in [0.2, 0.25) is 0 Å². The zero-order valence-electron chi connectivity index (χ0n) is 11.2. The molecule has 0 bridgehead atoms. The minimum atomic E-state index is -1.02. The van der Waals surface area contributed by atoms with Crippen molar-refractivity contribution < 1.29 is 14.3 Å². The summed E-state index contributed by atoms with van der Waals surface area (Å²) >= 11 is 0. The second-order valence-electron chi connectivity index (χ2n) is 5.07. The number of nitrogens with zero attached hydrogens (tertiary/aromatic N) is 1. The van der Waals surface area contributed by atoms with Crippen molar-refractivity contribution in [2.45, 2.75) is 38.1 Å². The van der Waals surface area contributed by atoms with E-state index in [1.807, 2.05) is 11.8 Å². The molecule has 19 heavy (non-hydrogen) atoms. The van der Waals surface area contributed by atoms with Gasteiger partial charge >= 0.3 is 5.97 Å². The van der Waals surface area contributed by atoms with Crippen LogP contribution < -0.4 is 0 Å². The Morgan fingerprint density at radius 3 is 2.32 bits per heavy atom. The number of piperidine rings is 1. The number of rotatable bonds is 4. The van der Waals surface area contributed by atoms with Crippen LogP contribution in [0.25, 0.3) is 0 Å². The van der Waals surface area contributed by atoms with E-state index in [0.29, 0.717) is 12.0 Å². The summed E-state index contributed by atoms with van der Waals surface area (Å²) in [6.45, 7) is 3.46. The molecule has 0 radical (unpaired) electrons. The highest BCUT2D eigenvalue weighted by molar-refractivity contribution is 5.80. The van der Waals surface area contributed by atoms with Crippen molar-refractivity contribution in [1.82, 2.24) is 4.90 Å². The molecule has 0 amide bonds. The molecule has 4 heteroatoms. The van der Waals surface area contributed by atoms with E-state index < -0.39 is 11.5 Å². The average Bonchev–Trinajstić information content (AvgIpc) is 2.43. The monoisotopic (exact) mass is 265 g/mol. The molecule has 1 heterocycles. The molecule has 1 N–H and O–H groups in total. The van der Waals surface area contributed by atoms with E-state index in [2.05, 4.69) is 0 Å². The lowest BCUT2D eigenvalue weighted by molar-refractivity contribution is -0.154. The quantitative estimate of drug-likeness (QED) is 0.909. The number of carboxylic acid groups (broad SMARTS) is 1. The van der Waals surface area contributed by atoms with Gasteiger partial charge in [-0.25, -0.2) is 9.18 Å². The highest BCUT2D eigenvalue weighted by Crippen LogP contribution is 2.35. The van der Waals surface area contributed by atoms with E-state index in [0.717, 1.165) is 32.4 Å². The van der Waals surface area contributed by atoms with Crippen LogP contribution in [0.15, 0.2) is 24.3 Å². The topological polar surface area (TPSA) is 40.5 Å². The van der Waals surface area contributed by atoms with Crippen molar-refractivity contribution in [3.63, 3.8) is 0 Å². The third-order valence-corrected chi connectivity index (χ3v) is 4.08. The predicted molar refractivity (Wildman–Crippen MR) is 71.4 cm³/mol. The van der Waals surface area contributed by atoms with Gasteiger partial charge in [-0.05, 0) is 50.0 Å². The molecule has 3 nitrogen and oxygen atoms in total. The normalized spacial score (nSPS) is 19.9. The summed E-state index contributed by atoms with van der Waals surface area (Å²) < 4.78 is 13.1. The molecule has 1 fully saturated rings. The highest BCUT2D eigenvalue weighted by Gasteiger charge is 2.44. The van der Waals surface area contributed by atoms with Gasteiger partial charge in [0.05, 0.1) is 0 Å². The van der Waals surface area contributed by atoms with Crippen molar-refractivity contribution >= 4 is 5.97 Å². The number of hydrogen-bond acceptors (Lipinski definition) is 2. The zero-order valence-corrected chi connectivity index (χ0v) is 11.2. The molecule has 1 aliphatic heterocycles. The lowest BCUT2D eigenvalue weighted by Crippen LogP contribution is -2.53. The van der Waals surface area contributed by atoms with Gasteiger partial charge in [0.1, 0.15) is 11.4 Å². The van der Waals surface area contributed by atoms with Crippen molar-refractivity contribution in [1.29, 1.82) is 0 Å². The van der Waals surface area contributed by atoms with Crippen LogP contribution in [0.5, 0.6) is 0 Å². The van der Waals surface area contributed by atoms with Crippen LogP contribution in [0, 0.1) is 5.82 Å². The second-order valence-corrected chi connectivity index (χ2v) is 5.07. The van der Waals surface area contributed by atoms with Gasteiger partial charge in [-0.3, -0.25) is 4.90 Å². The fourth-order valence-electron chi connectivity index (χ4n) is 3.02. The summed E-state index contributed by atoms with van der Waals surface area (Å²) in [5.41, 5.74) is -0.348. The Morgan fingerprint density at radius 1 is 1.26 bits per heavy atom. The van der Waals surface area contributed by atoms with Crippen LogP contribution in [0.4, 0.5) is 4.39 Å². The lowest BCUT2D eigenvalue weighted by Gasteiger charge is -2.42. The van der Waals surface area contributed by atoms with Crippen molar-refractivity contribution in [2.75, 3.05) is 13.1 Å². The van der Waals surface area contributed by atoms with Crippen LogP contribution in [0.3, 0.4) is 0 Å². The largest absolute Gasteiger partial charge is 0.480 e. The standard InChI is InChI=1S/C15H20FNO2/c1-2-15(14(18)19,17-10-4-3-5-11-17)12-6-8-13(16)9-7-12/h6-9H,2-5,10-11H2,1H3,(H,18,19). The van der Waals surface area contributed by atoms with E-state index in [1.165, 1.54) is 12.1 Å². The Hall–Kier alpha value is -1.42. The van der Waals surface area contributed by atoms with Gasteiger partial charge in [0.2, 0.25) is 0 Å². The molecule has 0 spiro atoms. The van der Waals surface area contributed by atoms with Crippen molar-refractivity contribution in [2.24, 2.45) is 0 Å². The predicted octanol–water partition coefficient (Wildman–Crippen LogP) is 3.00. The highest BCUT2D eigenvalue weighted by atomic mass is 19.1. The summed E-state index contributed by atoms with van der Waals surface area (Å²) in [6, 6.07) is 5.88. The fourth-order valence-corrected chi connectivity index (χ4v) is 3.02. The molecule has 1 saturated heterocycles.